The first-order valence-electron chi connectivity index (χ1n) is 17.1. The number of imidazole rings is 2. The molecule has 0 amide bonds. The van der Waals surface area contributed by atoms with Gasteiger partial charge in [0.2, 0.25) is 12.7 Å². The van der Waals surface area contributed by atoms with Gasteiger partial charge in [0.05, 0.1) is 23.1 Å². The smallest absolute Gasteiger partial charge is 0.336 e. The molecule has 0 aliphatic carbocycles. The second kappa shape index (κ2) is 24.6. The first-order valence-corrected chi connectivity index (χ1v) is 21.4. The van der Waals surface area contributed by atoms with E-state index in [-0.39, 0.29) is 33.2 Å². The van der Waals surface area contributed by atoms with Crippen LogP contribution in [0.4, 0.5) is 0 Å². The van der Waals surface area contributed by atoms with Crippen molar-refractivity contribution >= 4 is 67.1 Å². The van der Waals surface area contributed by atoms with Crippen molar-refractivity contribution in [3.63, 3.8) is 0 Å². The number of hydrogen-bond donors (Lipinski definition) is 4. The zero-order valence-electron chi connectivity index (χ0n) is 31.3. The Balaban J connectivity index is 0.000000237. The molecular formula is C42H38N4O10S4. The second-order valence-corrected chi connectivity index (χ2v) is 16.3. The fourth-order valence-corrected chi connectivity index (χ4v) is 9.73. The van der Waals surface area contributed by atoms with Crippen LogP contribution in [-0.2, 0) is 13.1 Å². The maximum Gasteiger partial charge on any atom is 0.336 e. The van der Waals surface area contributed by atoms with Gasteiger partial charge < -0.3 is 41.0 Å². The summed E-state index contributed by atoms with van der Waals surface area (Å²) in [6.07, 6.45) is 11.8. The third-order valence-electron chi connectivity index (χ3n) is 7.85. The molecule has 0 fully saturated rings. The summed E-state index contributed by atoms with van der Waals surface area (Å²) in [6.45, 7) is 1.81. The van der Waals surface area contributed by atoms with Gasteiger partial charge in [-0.1, -0.05) is 128 Å². The van der Waals surface area contributed by atoms with Crippen molar-refractivity contribution < 1.29 is 59.7 Å². The quantitative estimate of drug-likeness (QED) is 0.0872. The molecule has 7 aromatic rings. The number of aromatic amines is 2. The van der Waals surface area contributed by atoms with Crippen LogP contribution in [-0.4, -0.2) is 55.0 Å². The molecule has 0 bridgehead atoms. The lowest BCUT2D eigenvalue weighted by Gasteiger charge is -2.09. The molecule has 0 aliphatic heterocycles. The van der Waals surface area contributed by atoms with Crippen LogP contribution < -0.4 is 19.3 Å². The molecule has 0 radical (unpaired) electrons. The van der Waals surface area contributed by atoms with Crippen molar-refractivity contribution in [1.82, 2.24) is 9.97 Å². The lowest BCUT2D eigenvalue weighted by Crippen LogP contribution is -2.31. The lowest BCUT2D eigenvalue weighted by atomic mass is 10.1. The van der Waals surface area contributed by atoms with E-state index in [0.717, 1.165) is 13.1 Å². The summed E-state index contributed by atoms with van der Waals surface area (Å²) >= 11 is 0. The van der Waals surface area contributed by atoms with Crippen LogP contribution in [0.1, 0.15) is 52.6 Å². The molecule has 310 valence electrons. The highest BCUT2D eigenvalue weighted by Crippen LogP contribution is 2.41. The maximum atomic E-state index is 11.1. The molecule has 0 saturated carbocycles. The van der Waals surface area contributed by atoms with Crippen molar-refractivity contribution in [3.05, 3.63) is 192 Å². The van der Waals surface area contributed by atoms with Gasteiger partial charge >= 0.3 is 11.9 Å². The first kappa shape index (κ1) is 48.1. The van der Waals surface area contributed by atoms with Gasteiger partial charge in [-0.3, -0.25) is 9.97 Å². The summed E-state index contributed by atoms with van der Waals surface area (Å²) in [7, 11) is 4.79. The van der Waals surface area contributed by atoms with Crippen LogP contribution >= 0.6 is 43.2 Å². The van der Waals surface area contributed by atoms with Gasteiger partial charge in [-0.2, -0.15) is 0 Å². The highest BCUT2D eigenvalue weighted by Gasteiger charge is 2.13. The summed E-state index contributed by atoms with van der Waals surface area (Å²) in [6, 6.07) is 34.8. The van der Waals surface area contributed by atoms with Crippen LogP contribution in [0, 0.1) is 0 Å². The summed E-state index contributed by atoms with van der Waals surface area (Å²) in [5.74, 6) is -4.52. The van der Waals surface area contributed by atoms with E-state index < -0.39 is 23.9 Å². The van der Waals surface area contributed by atoms with Crippen LogP contribution in [0.2, 0.25) is 0 Å². The van der Waals surface area contributed by atoms with E-state index >= 15 is 0 Å². The molecule has 0 aliphatic rings. The highest BCUT2D eigenvalue weighted by atomic mass is 33.1. The Kier molecular flexibility index (Phi) is 19.7. The fourth-order valence-electron chi connectivity index (χ4n) is 5.04. The fraction of sp³-hybridized carbons (Fsp3) is 0.0476. The Morgan fingerprint density at radius 2 is 0.750 bits per heavy atom. The average Bonchev–Trinajstić information content (AvgIpc) is 3.96. The molecule has 60 heavy (non-hydrogen) atoms. The minimum Gasteiger partial charge on any atom is -0.545 e. The number of nitrogens with zero attached hydrogens (tertiary/aromatic N) is 2. The zero-order valence-corrected chi connectivity index (χ0v) is 34.6. The standard InChI is InChI=1S/C14H14N4.2C14H10O4S2.2H2O/c1-2-14(10-18-8-6-16-12-18)4-3-13(1)9-17-7-5-15-11-17;2*15-13(16)9-5-1-3-7-11(9)19-20-12-8-4-2-6-10(12)14(17)18;;/h1-8,11-12H,9-10H2;2*1-8H,(H,15,16)(H,17,18);2*1H2. The van der Waals surface area contributed by atoms with E-state index in [1.807, 2.05) is 37.4 Å². The van der Waals surface area contributed by atoms with Gasteiger partial charge in [-0.05, 0) is 47.5 Å². The number of H-pyrrole nitrogens is 2. The third-order valence-corrected chi connectivity index (χ3v) is 12.8. The Hall–Kier alpha value is -6.28. The van der Waals surface area contributed by atoms with Gasteiger partial charge in [0.1, 0.15) is 37.9 Å². The average molecular weight is 887 g/mol. The minimum absolute atomic E-state index is 0. The van der Waals surface area contributed by atoms with E-state index in [2.05, 4.69) is 43.4 Å². The molecule has 0 unspecified atom stereocenters. The number of rotatable bonds is 14. The normalized spacial score (nSPS) is 10.0. The first-order chi connectivity index (χ1) is 28.1. The molecule has 5 aromatic carbocycles. The largest absolute Gasteiger partial charge is 0.545 e. The zero-order chi connectivity index (χ0) is 41.3. The number of carbonyl (C=O) groups excluding carboxylic acids is 2. The van der Waals surface area contributed by atoms with Crippen LogP contribution in [0.3, 0.4) is 0 Å². The minimum atomic E-state index is -1.25. The van der Waals surface area contributed by atoms with E-state index in [1.54, 1.807) is 72.8 Å². The topological polar surface area (TPSA) is 257 Å². The Labute approximate surface area is 359 Å². The molecule has 7 rings (SSSR count). The number of carbonyl (C=O) groups is 4. The van der Waals surface area contributed by atoms with E-state index in [0.29, 0.717) is 19.6 Å². The number of aromatic carboxylic acids is 4. The van der Waals surface area contributed by atoms with E-state index in [9.17, 15) is 29.4 Å². The van der Waals surface area contributed by atoms with Crippen molar-refractivity contribution in [2.24, 2.45) is 0 Å². The molecule has 14 nitrogen and oxygen atoms in total. The third kappa shape index (κ3) is 14.5. The Morgan fingerprint density at radius 3 is 1.02 bits per heavy atom. The van der Waals surface area contributed by atoms with Gasteiger partial charge in [0, 0.05) is 30.7 Å². The van der Waals surface area contributed by atoms with Gasteiger partial charge in [-0.15, -0.1) is 0 Å². The number of carboxylic acid groups (broad SMARTS) is 4. The number of hydrogen-bond acceptors (Lipinski definition) is 10. The summed E-state index contributed by atoms with van der Waals surface area (Å²) in [4.78, 5) is 52.4. The number of carboxylic acids is 4. The van der Waals surface area contributed by atoms with Crippen LogP contribution in [0.25, 0.3) is 0 Å². The number of nitrogens with one attached hydrogen (secondary N) is 2. The Morgan fingerprint density at radius 1 is 0.467 bits per heavy atom. The van der Waals surface area contributed by atoms with Crippen molar-refractivity contribution in [2.45, 2.75) is 32.7 Å². The SMILES string of the molecule is O.O.O=C([O-])c1ccccc1SSc1ccccc1C(=O)O.O=C([O-])c1ccccc1SSc1ccccc1C(=O)O.c1c[n+](Cc2ccc(C[n+]3cc[nH]c3)cc2)c[nH]1. The number of benzene rings is 5. The Bertz CT molecular complexity index is 2160. The van der Waals surface area contributed by atoms with Crippen molar-refractivity contribution in [2.75, 3.05) is 0 Å². The van der Waals surface area contributed by atoms with Crippen LogP contribution in [0.15, 0.2) is 178 Å². The van der Waals surface area contributed by atoms with E-state index in [4.69, 9.17) is 10.2 Å². The second-order valence-electron chi connectivity index (χ2n) is 11.9. The number of aromatic nitrogens is 4. The predicted octanol–water partition coefficient (Wildman–Crippen LogP) is 4.46. The summed E-state index contributed by atoms with van der Waals surface area (Å²) < 4.78 is 4.24. The van der Waals surface area contributed by atoms with Gasteiger partial charge in [0.25, 0.3) is 0 Å². The molecule has 2 heterocycles. The molecule has 0 saturated heterocycles. The molecule has 18 heteroatoms. The molecule has 0 atom stereocenters. The highest BCUT2D eigenvalue weighted by molar-refractivity contribution is 8.77. The molecule has 8 N–H and O–H groups in total. The monoisotopic (exact) mass is 886 g/mol. The summed E-state index contributed by atoms with van der Waals surface area (Å²) in [5, 5.41) is 40.1. The molecular weight excluding hydrogens is 849 g/mol. The molecule has 0 spiro atoms. The van der Waals surface area contributed by atoms with Gasteiger partial charge in [-0.25, -0.2) is 18.7 Å². The van der Waals surface area contributed by atoms with E-state index in [1.165, 1.54) is 78.6 Å². The maximum absolute atomic E-state index is 11.1. The van der Waals surface area contributed by atoms with Gasteiger partial charge in [0.15, 0.2) is 0 Å². The van der Waals surface area contributed by atoms with Crippen LogP contribution in [0.5, 0.6) is 0 Å². The van der Waals surface area contributed by atoms with Crippen molar-refractivity contribution in [3.8, 4) is 0 Å². The lowest BCUT2D eigenvalue weighted by molar-refractivity contribution is -0.687. The van der Waals surface area contributed by atoms with Crippen molar-refractivity contribution in [1.29, 1.82) is 0 Å². The predicted molar refractivity (Wildman–Crippen MR) is 226 cm³/mol. The molecule has 2 aromatic heterocycles. The summed E-state index contributed by atoms with van der Waals surface area (Å²) in [5.41, 5.74) is 3.19.